The normalized spacial score (nSPS) is 15.4. The number of fused-ring (bicyclic) bond motifs is 1. The molecule has 1 aliphatic carbocycles. The zero-order valence-corrected chi connectivity index (χ0v) is 15.2. The van der Waals surface area contributed by atoms with Crippen molar-refractivity contribution in [1.29, 1.82) is 0 Å². The number of ketones is 1. The molecule has 0 N–H and O–H groups in total. The first-order valence-electron chi connectivity index (χ1n) is 8.81. The van der Waals surface area contributed by atoms with E-state index < -0.39 is 4.92 Å². The number of nitrogens with zero attached hydrogens (tertiary/aromatic N) is 3. The molecule has 0 unspecified atom stereocenters. The van der Waals surface area contributed by atoms with Crippen molar-refractivity contribution in [1.82, 2.24) is 9.78 Å². The van der Waals surface area contributed by atoms with E-state index in [1.54, 1.807) is 16.8 Å². The highest BCUT2D eigenvalue weighted by atomic mass is 16.6. The van der Waals surface area contributed by atoms with Crippen LogP contribution in [0.15, 0.2) is 54.6 Å². The van der Waals surface area contributed by atoms with E-state index in [1.807, 2.05) is 30.3 Å². The van der Waals surface area contributed by atoms with Crippen LogP contribution in [-0.4, -0.2) is 20.5 Å². The van der Waals surface area contributed by atoms with Crippen LogP contribution in [0.1, 0.15) is 36.3 Å². The minimum atomic E-state index is -0.429. The lowest BCUT2D eigenvalue weighted by molar-refractivity contribution is -0.384. The molecule has 136 valence electrons. The average Bonchev–Trinajstić information content (AvgIpc) is 3.01. The van der Waals surface area contributed by atoms with Crippen molar-refractivity contribution in [3.05, 3.63) is 76.0 Å². The summed E-state index contributed by atoms with van der Waals surface area (Å²) in [7, 11) is 0. The number of non-ortho nitro benzene ring substituents is 1. The number of nitro benzene ring substituents is 1. The van der Waals surface area contributed by atoms with Gasteiger partial charge in [0.1, 0.15) is 0 Å². The van der Waals surface area contributed by atoms with Gasteiger partial charge >= 0.3 is 0 Å². The highest BCUT2D eigenvalue weighted by molar-refractivity contribution is 6.04. The summed E-state index contributed by atoms with van der Waals surface area (Å²) in [6.07, 6.45) is 1.19. The fourth-order valence-electron chi connectivity index (χ4n) is 3.68. The van der Waals surface area contributed by atoms with Crippen molar-refractivity contribution in [2.24, 2.45) is 5.41 Å². The number of carbonyl (C=O) groups is 1. The zero-order valence-electron chi connectivity index (χ0n) is 15.2. The highest BCUT2D eigenvalue weighted by Crippen LogP contribution is 2.39. The minimum absolute atomic E-state index is 0.0224. The summed E-state index contributed by atoms with van der Waals surface area (Å²) in [6, 6.07) is 15.9. The van der Waals surface area contributed by atoms with Gasteiger partial charge in [-0.2, -0.15) is 5.10 Å². The van der Waals surface area contributed by atoms with Crippen molar-refractivity contribution in [3.8, 4) is 16.9 Å². The minimum Gasteiger partial charge on any atom is -0.294 e. The monoisotopic (exact) mass is 361 g/mol. The average molecular weight is 361 g/mol. The van der Waals surface area contributed by atoms with E-state index in [0.717, 1.165) is 17.0 Å². The molecule has 2 aromatic carbocycles. The molecule has 0 fully saturated rings. The maximum absolute atomic E-state index is 12.9. The third-order valence-corrected chi connectivity index (χ3v) is 4.87. The number of Topliss-reactive ketones (excluding diaryl/α,β-unsaturated/α-hetero) is 1. The lowest BCUT2D eigenvalue weighted by atomic mass is 9.75. The highest BCUT2D eigenvalue weighted by Gasteiger charge is 2.36. The van der Waals surface area contributed by atoms with Crippen LogP contribution in [0.4, 0.5) is 5.69 Å². The molecule has 0 atom stereocenters. The molecule has 1 aliphatic rings. The summed E-state index contributed by atoms with van der Waals surface area (Å²) >= 11 is 0. The van der Waals surface area contributed by atoms with Gasteiger partial charge in [0.05, 0.1) is 27.6 Å². The summed E-state index contributed by atoms with van der Waals surface area (Å²) in [4.78, 5) is 23.5. The summed E-state index contributed by atoms with van der Waals surface area (Å²) in [5.74, 6) is 0.0910. The van der Waals surface area contributed by atoms with E-state index in [4.69, 9.17) is 5.10 Å². The Balaban J connectivity index is 1.94. The van der Waals surface area contributed by atoms with Gasteiger partial charge in [-0.15, -0.1) is 0 Å². The third-order valence-electron chi connectivity index (χ3n) is 4.87. The number of aromatic nitrogens is 2. The van der Waals surface area contributed by atoms with Crippen LogP contribution in [0.2, 0.25) is 0 Å². The molecule has 0 bridgehead atoms. The topological polar surface area (TPSA) is 78.0 Å². The molecule has 6 heteroatoms. The molecule has 0 saturated carbocycles. The first-order valence-corrected chi connectivity index (χ1v) is 8.81. The third kappa shape index (κ3) is 3.03. The largest absolute Gasteiger partial charge is 0.294 e. The van der Waals surface area contributed by atoms with Crippen LogP contribution in [0, 0.1) is 15.5 Å². The van der Waals surface area contributed by atoms with Gasteiger partial charge in [0.15, 0.2) is 5.78 Å². The molecule has 27 heavy (non-hydrogen) atoms. The van der Waals surface area contributed by atoms with E-state index in [9.17, 15) is 14.9 Å². The lowest BCUT2D eigenvalue weighted by Crippen LogP contribution is -2.26. The first-order chi connectivity index (χ1) is 12.9. The van der Waals surface area contributed by atoms with Crippen molar-refractivity contribution in [3.63, 3.8) is 0 Å². The van der Waals surface area contributed by atoms with E-state index >= 15 is 0 Å². The molecule has 0 amide bonds. The standard InChI is InChI=1S/C21H19N3O3/c1-21(2)12-17-19(18(25)13-21)20(14-6-4-3-5-7-14)23(22-17)15-8-10-16(11-9-15)24(26)27/h3-11H,12-13H2,1-2H3. The number of nitro groups is 1. The molecule has 1 aromatic heterocycles. The Kier molecular flexibility index (Phi) is 3.91. The number of rotatable bonds is 3. The second-order valence-corrected chi connectivity index (χ2v) is 7.66. The number of benzene rings is 2. The van der Waals surface area contributed by atoms with Gasteiger partial charge in [-0.05, 0) is 24.0 Å². The van der Waals surface area contributed by atoms with Crippen molar-refractivity contribution in [2.45, 2.75) is 26.7 Å². The molecule has 3 aromatic rings. The van der Waals surface area contributed by atoms with E-state index in [1.165, 1.54) is 12.1 Å². The molecule has 0 spiro atoms. The smallest absolute Gasteiger partial charge is 0.269 e. The Morgan fingerprint density at radius 1 is 1.04 bits per heavy atom. The summed E-state index contributed by atoms with van der Waals surface area (Å²) in [5, 5.41) is 15.7. The number of carbonyl (C=O) groups excluding carboxylic acids is 1. The Morgan fingerprint density at radius 2 is 1.70 bits per heavy atom. The van der Waals surface area contributed by atoms with Crippen molar-refractivity contribution < 1.29 is 9.72 Å². The molecule has 0 aliphatic heterocycles. The van der Waals surface area contributed by atoms with Gasteiger partial charge in [-0.3, -0.25) is 14.9 Å². The molecule has 4 rings (SSSR count). The maximum Gasteiger partial charge on any atom is 0.269 e. The Bertz CT molecular complexity index is 1030. The van der Waals surface area contributed by atoms with Crippen LogP contribution >= 0.6 is 0 Å². The van der Waals surface area contributed by atoms with E-state index in [-0.39, 0.29) is 16.9 Å². The lowest BCUT2D eigenvalue weighted by Gasteiger charge is -2.27. The van der Waals surface area contributed by atoms with Gasteiger partial charge in [0, 0.05) is 24.1 Å². The zero-order chi connectivity index (χ0) is 19.2. The number of hydrogen-bond donors (Lipinski definition) is 0. The summed E-state index contributed by atoms with van der Waals surface area (Å²) in [6.45, 7) is 4.14. The molecular weight excluding hydrogens is 342 g/mol. The Morgan fingerprint density at radius 3 is 2.33 bits per heavy atom. The summed E-state index contributed by atoms with van der Waals surface area (Å²) in [5.41, 5.74) is 3.69. The molecule has 1 heterocycles. The van der Waals surface area contributed by atoms with Crippen LogP contribution < -0.4 is 0 Å². The van der Waals surface area contributed by atoms with Crippen molar-refractivity contribution >= 4 is 11.5 Å². The number of hydrogen-bond acceptors (Lipinski definition) is 4. The molecule has 0 radical (unpaired) electrons. The Hall–Kier alpha value is -3.28. The molecule has 0 saturated heterocycles. The van der Waals surface area contributed by atoms with E-state index in [2.05, 4.69) is 13.8 Å². The van der Waals surface area contributed by atoms with Crippen LogP contribution in [0.25, 0.3) is 16.9 Å². The van der Waals surface area contributed by atoms with Gasteiger partial charge < -0.3 is 0 Å². The second-order valence-electron chi connectivity index (χ2n) is 7.66. The fourth-order valence-corrected chi connectivity index (χ4v) is 3.68. The predicted molar refractivity (Wildman–Crippen MR) is 102 cm³/mol. The second kappa shape index (κ2) is 6.16. The van der Waals surface area contributed by atoms with Crippen molar-refractivity contribution in [2.75, 3.05) is 0 Å². The molecule has 6 nitrogen and oxygen atoms in total. The Labute approximate surface area is 156 Å². The SMILES string of the molecule is CC1(C)CC(=O)c2c(nn(-c3ccc([N+](=O)[O-])cc3)c2-c2ccccc2)C1. The maximum atomic E-state index is 12.9. The van der Waals surface area contributed by atoms with Gasteiger partial charge in [0.25, 0.3) is 5.69 Å². The van der Waals surface area contributed by atoms with Crippen LogP contribution in [0.5, 0.6) is 0 Å². The first kappa shape index (κ1) is 17.1. The van der Waals surface area contributed by atoms with Gasteiger partial charge in [-0.1, -0.05) is 44.2 Å². The predicted octanol–water partition coefficient (Wildman–Crippen LogP) is 4.60. The van der Waals surface area contributed by atoms with Crippen LogP contribution in [-0.2, 0) is 6.42 Å². The summed E-state index contributed by atoms with van der Waals surface area (Å²) < 4.78 is 1.74. The fraction of sp³-hybridized carbons (Fsp3) is 0.238. The van der Waals surface area contributed by atoms with Gasteiger partial charge in [0.2, 0.25) is 0 Å². The van der Waals surface area contributed by atoms with Gasteiger partial charge in [-0.25, -0.2) is 4.68 Å². The quantitative estimate of drug-likeness (QED) is 0.504. The van der Waals surface area contributed by atoms with Crippen LogP contribution in [0.3, 0.4) is 0 Å². The van der Waals surface area contributed by atoms with E-state index in [0.29, 0.717) is 24.1 Å². The molecular formula is C21H19N3O3.